The molecular formula is C6H9NO2. The van der Waals surface area contributed by atoms with Crippen LogP contribution in [0, 0.1) is 5.92 Å². The highest BCUT2D eigenvalue weighted by molar-refractivity contribution is 5.85. The second kappa shape index (κ2) is 1.70. The van der Waals surface area contributed by atoms with E-state index in [4.69, 9.17) is 9.57 Å². The first kappa shape index (κ1) is 5.23. The van der Waals surface area contributed by atoms with Crippen molar-refractivity contribution in [3.05, 3.63) is 0 Å². The lowest BCUT2D eigenvalue weighted by atomic mass is 10.0. The summed E-state index contributed by atoms with van der Waals surface area (Å²) in [5, 5.41) is 3.86. The quantitative estimate of drug-likeness (QED) is 0.471. The van der Waals surface area contributed by atoms with E-state index in [1.807, 2.05) is 6.92 Å². The topological polar surface area (TPSA) is 30.8 Å². The van der Waals surface area contributed by atoms with E-state index in [0.717, 1.165) is 12.3 Å². The fourth-order valence-corrected chi connectivity index (χ4v) is 1.25. The van der Waals surface area contributed by atoms with E-state index in [-0.39, 0.29) is 6.10 Å². The van der Waals surface area contributed by atoms with Gasteiger partial charge in [0.1, 0.15) is 0 Å². The number of hydrogen-bond donors (Lipinski definition) is 0. The zero-order valence-electron chi connectivity index (χ0n) is 5.33. The van der Waals surface area contributed by atoms with Crippen molar-refractivity contribution < 1.29 is 9.57 Å². The summed E-state index contributed by atoms with van der Waals surface area (Å²) in [6.07, 6.45) is 0.227. The Labute approximate surface area is 53.6 Å². The van der Waals surface area contributed by atoms with E-state index < -0.39 is 0 Å². The van der Waals surface area contributed by atoms with E-state index in [2.05, 4.69) is 5.16 Å². The van der Waals surface area contributed by atoms with Crippen LogP contribution in [0.25, 0.3) is 0 Å². The normalized spacial score (nSPS) is 39.9. The zero-order valence-corrected chi connectivity index (χ0v) is 5.33. The minimum atomic E-state index is 0.227. The van der Waals surface area contributed by atoms with Gasteiger partial charge < -0.3 is 9.57 Å². The molecule has 0 N–H and O–H groups in total. The molecule has 50 valence electrons. The largest absolute Gasteiger partial charge is 0.389 e. The summed E-state index contributed by atoms with van der Waals surface area (Å²) in [6, 6.07) is 0. The lowest BCUT2D eigenvalue weighted by molar-refractivity contribution is 0.0558. The predicted molar refractivity (Wildman–Crippen MR) is 32.3 cm³/mol. The van der Waals surface area contributed by atoms with Crippen LogP contribution >= 0.6 is 0 Å². The summed E-state index contributed by atoms with van der Waals surface area (Å²) in [5.74, 6) is 0.449. The Morgan fingerprint density at radius 2 is 2.44 bits per heavy atom. The van der Waals surface area contributed by atoms with Crippen LogP contribution in [0.5, 0.6) is 0 Å². The molecule has 2 unspecified atom stereocenters. The van der Waals surface area contributed by atoms with Crippen molar-refractivity contribution >= 4 is 5.71 Å². The second-order valence-electron chi connectivity index (χ2n) is 2.52. The molecule has 2 rings (SSSR count). The highest BCUT2D eigenvalue weighted by Crippen LogP contribution is 2.24. The summed E-state index contributed by atoms with van der Waals surface area (Å²) >= 11 is 0. The van der Waals surface area contributed by atoms with Gasteiger partial charge in [-0.3, -0.25) is 0 Å². The molecule has 1 fully saturated rings. The van der Waals surface area contributed by atoms with Gasteiger partial charge in [-0.2, -0.15) is 0 Å². The van der Waals surface area contributed by atoms with E-state index in [1.54, 1.807) is 0 Å². The van der Waals surface area contributed by atoms with Crippen LogP contribution < -0.4 is 0 Å². The number of hydrogen-bond acceptors (Lipinski definition) is 3. The molecule has 0 aromatic rings. The Morgan fingerprint density at radius 1 is 1.56 bits per heavy atom. The molecule has 2 aliphatic rings. The van der Waals surface area contributed by atoms with E-state index in [1.165, 1.54) is 0 Å². The molecule has 0 radical (unpaired) electrons. The number of oxime groups is 1. The van der Waals surface area contributed by atoms with Crippen LogP contribution in [-0.2, 0) is 9.57 Å². The minimum Gasteiger partial charge on any atom is -0.389 e. The van der Waals surface area contributed by atoms with Crippen molar-refractivity contribution in [2.75, 3.05) is 13.2 Å². The Morgan fingerprint density at radius 3 is 3.22 bits per heavy atom. The highest BCUT2D eigenvalue weighted by Gasteiger charge is 2.36. The lowest BCUT2D eigenvalue weighted by Crippen LogP contribution is -2.18. The molecule has 3 heteroatoms. The van der Waals surface area contributed by atoms with Crippen molar-refractivity contribution in [1.29, 1.82) is 0 Å². The maximum atomic E-state index is 5.18. The average Bonchev–Trinajstić information content (AvgIpc) is 2.35. The van der Waals surface area contributed by atoms with Gasteiger partial charge in [-0.05, 0) is 6.92 Å². The van der Waals surface area contributed by atoms with Gasteiger partial charge in [0, 0.05) is 0 Å². The van der Waals surface area contributed by atoms with Crippen molar-refractivity contribution in [2.45, 2.75) is 13.0 Å². The Hall–Kier alpha value is -0.570. The molecular weight excluding hydrogens is 118 g/mol. The molecule has 0 aromatic carbocycles. The van der Waals surface area contributed by atoms with Crippen LogP contribution in [0.2, 0.25) is 0 Å². The van der Waals surface area contributed by atoms with Crippen LogP contribution in [0.15, 0.2) is 5.16 Å². The number of fused-ring (bicyclic) bond motifs is 1. The van der Waals surface area contributed by atoms with Gasteiger partial charge in [0.05, 0.1) is 24.8 Å². The SMILES string of the molecule is CC1=NOC2COCC12. The molecule has 0 spiro atoms. The summed E-state index contributed by atoms with van der Waals surface area (Å²) in [6.45, 7) is 3.49. The molecule has 0 bridgehead atoms. The summed E-state index contributed by atoms with van der Waals surface area (Å²) in [4.78, 5) is 5.05. The fraction of sp³-hybridized carbons (Fsp3) is 0.833. The Bertz CT molecular complexity index is 155. The van der Waals surface area contributed by atoms with Crippen LogP contribution in [0.3, 0.4) is 0 Å². The summed E-state index contributed by atoms with van der Waals surface area (Å²) in [5.41, 5.74) is 1.08. The molecule has 2 atom stereocenters. The molecule has 1 saturated heterocycles. The maximum Gasteiger partial charge on any atom is 0.161 e. The van der Waals surface area contributed by atoms with Gasteiger partial charge in [-0.25, -0.2) is 0 Å². The van der Waals surface area contributed by atoms with Crippen LogP contribution in [0.4, 0.5) is 0 Å². The van der Waals surface area contributed by atoms with Crippen molar-refractivity contribution in [2.24, 2.45) is 11.1 Å². The van der Waals surface area contributed by atoms with Crippen molar-refractivity contribution in [1.82, 2.24) is 0 Å². The van der Waals surface area contributed by atoms with Crippen molar-refractivity contribution in [3.8, 4) is 0 Å². The first-order chi connectivity index (χ1) is 4.38. The van der Waals surface area contributed by atoms with E-state index >= 15 is 0 Å². The average molecular weight is 127 g/mol. The monoisotopic (exact) mass is 127 g/mol. The zero-order chi connectivity index (χ0) is 6.27. The van der Waals surface area contributed by atoms with Gasteiger partial charge in [-0.1, -0.05) is 5.16 Å². The van der Waals surface area contributed by atoms with Crippen LogP contribution in [0.1, 0.15) is 6.92 Å². The predicted octanol–water partition coefficient (Wildman–Crippen LogP) is 0.407. The maximum absolute atomic E-state index is 5.18. The first-order valence-electron chi connectivity index (χ1n) is 3.16. The van der Waals surface area contributed by atoms with E-state index in [9.17, 15) is 0 Å². The molecule has 2 heterocycles. The summed E-state index contributed by atoms with van der Waals surface area (Å²) in [7, 11) is 0. The highest BCUT2D eigenvalue weighted by atomic mass is 16.7. The van der Waals surface area contributed by atoms with Gasteiger partial charge in [0.15, 0.2) is 6.10 Å². The van der Waals surface area contributed by atoms with Crippen LogP contribution in [-0.4, -0.2) is 25.0 Å². The number of ether oxygens (including phenoxy) is 1. The molecule has 9 heavy (non-hydrogen) atoms. The first-order valence-corrected chi connectivity index (χ1v) is 3.16. The molecule has 2 aliphatic heterocycles. The Kier molecular flexibility index (Phi) is 0.990. The van der Waals surface area contributed by atoms with Gasteiger partial charge >= 0.3 is 0 Å². The van der Waals surface area contributed by atoms with Gasteiger partial charge in [-0.15, -0.1) is 0 Å². The molecule has 0 aliphatic carbocycles. The third-order valence-corrected chi connectivity index (χ3v) is 1.90. The molecule has 0 aromatic heterocycles. The lowest BCUT2D eigenvalue weighted by Gasteiger charge is -2.01. The fourth-order valence-electron chi connectivity index (χ4n) is 1.25. The molecule has 3 nitrogen and oxygen atoms in total. The minimum absolute atomic E-state index is 0.227. The van der Waals surface area contributed by atoms with Gasteiger partial charge in [0.2, 0.25) is 0 Å². The smallest absolute Gasteiger partial charge is 0.161 e. The molecule has 0 saturated carbocycles. The summed E-state index contributed by atoms with van der Waals surface area (Å²) < 4.78 is 5.18. The third-order valence-electron chi connectivity index (χ3n) is 1.90. The molecule has 0 amide bonds. The van der Waals surface area contributed by atoms with E-state index in [0.29, 0.717) is 12.5 Å². The standard InChI is InChI=1S/C6H9NO2/c1-4-5-2-8-3-6(5)9-7-4/h5-6H,2-3H2,1H3. The Balaban J connectivity index is 2.16. The third kappa shape index (κ3) is 0.645. The van der Waals surface area contributed by atoms with Crippen molar-refractivity contribution in [3.63, 3.8) is 0 Å². The second-order valence-corrected chi connectivity index (χ2v) is 2.52. The van der Waals surface area contributed by atoms with Gasteiger partial charge in [0.25, 0.3) is 0 Å². The number of rotatable bonds is 0. The number of nitrogens with zero attached hydrogens (tertiary/aromatic N) is 1.